The Bertz CT molecular complexity index is 421. The molecule has 0 radical (unpaired) electrons. The zero-order chi connectivity index (χ0) is 14.3. The fourth-order valence-electron chi connectivity index (χ4n) is 1.69. The lowest BCUT2D eigenvalue weighted by Gasteiger charge is -2.14. The van der Waals surface area contributed by atoms with Crippen LogP contribution in [0.3, 0.4) is 0 Å². The van der Waals surface area contributed by atoms with Crippen molar-refractivity contribution in [3.63, 3.8) is 0 Å². The Kier molecular flexibility index (Phi) is 6.32. The molecule has 0 aliphatic rings. The number of rotatable bonds is 8. The molecule has 1 rings (SSSR count). The summed E-state index contributed by atoms with van der Waals surface area (Å²) in [4.78, 5) is 10.5. The molecule has 0 fully saturated rings. The first-order valence-electron chi connectivity index (χ1n) is 6.36. The normalized spacial score (nSPS) is 12.2. The van der Waals surface area contributed by atoms with E-state index in [4.69, 9.17) is 10.5 Å². The number of ether oxygens (including phenoxy) is 1. The van der Waals surface area contributed by atoms with Crippen molar-refractivity contribution in [1.29, 1.82) is 0 Å². The maximum absolute atomic E-state index is 10.5. The van der Waals surface area contributed by atoms with Crippen LogP contribution in [0.2, 0.25) is 0 Å². The van der Waals surface area contributed by atoms with Crippen molar-refractivity contribution >= 4 is 5.91 Å². The van der Waals surface area contributed by atoms with Crippen LogP contribution >= 0.6 is 0 Å². The Balaban J connectivity index is 2.26. The number of amides is 1. The molecule has 0 saturated carbocycles. The molecule has 19 heavy (non-hydrogen) atoms. The third kappa shape index (κ3) is 6.22. The minimum Gasteiger partial charge on any atom is -0.491 e. The summed E-state index contributed by atoms with van der Waals surface area (Å²) in [5, 5.41) is 12.7. The second kappa shape index (κ2) is 7.76. The van der Waals surface area contributed by atoms with E-state index in [-0.39, 0.29) is 18.9 Å². The molecule has 0 spiro atoms. The van der Waals surface area contributed by atoms with E-state index in [1.165, 1.54) is 5.56 Å². The molecule has 1 atom stereocenters. The van der Waals surface area contributed by atoms with Gasteiger partial charge in [0.25, 0.3) is 0 Å². The number of aryl methyl sites for hydroxylation is 2. The molecule has 5 heteroatoms. The maximum atomic E-state index is 10.5. The van der Waals surface area contributed by atoms with Crippen LogP contribution in [0.15, 0.2) is 18.2 Å². The van der Waals surface area contributed by atoms with Gasteiger partial charge in [-0.15, -0.1) is 0 Å². The molecule has 1 unspecified atom stereocenters. The van der Waals surface area contributed by atoms with Crippen LogP contribution in [0.25, 0.3) is 0 Å². The lowest BCUT2D eigenvalue weighted by Crippen LogP contribution is -2.33. The molecular weight excluding hydrogens is 244 g/mol. The van der Waals surface area contributed by atoms with Gasteiger partial charge < -0.3 is 20.9 Å². The lowest BCUT2D eigenvalue weighted by atomic mass is 10.1. The van der Waals surface area contributed by atoms with Crippen molar-refractivity contribution in [3.05, 3.63) is 29.3 Å². The third-order valence-corrected chi connectivity index (χ3v) is 2.69. The van der Waals surface area contributed by atoms with E-state index in [1.807, 2.05) is 32.0 Å². The van der Waals surface area contributed by atoms with Gasteiger partial charge in [0.2, 0.25) is 5.91 Å². The van der Waals surface area contributed by atoms with Crippen molar-refractivity contribution < 1.29 is 14.6 Å². The van der Waals surface area contributed by atoms with Crippen molar-refractivity contribution in [1.82, 2.24) is 5.32 Å². The predicted octanol–water partition coefficient (Wildman–Crippen LogP) is 0.508. The number of benzene rings is 1. The van der Waals surface area contributed by atoms with Gasteiger partial charge in [-0.05, 0) is 25.5 Å². The Morgan fingerprint density at radius 1 is 1.47 bits per heavy atom. The van der Waals surface area contributed by atoms with Crippen molar-refractivity contribution in [2.24, 2.45) is 5.73 Å². The summed E-state index contributed by atoms with van der Waals surface area (Å²) in [5.41, 5.74) is 7.24. The van der Waals surface area contributed by atoms with Gasteiger partial charge in [0.1, 0.15) is 18.5 Å². The maximum Gasteiger partial charge on any atom is 0.218 e. The predicted molar refractivity (Wildman–Crippen MR) is 74.1 cm³/mol. The number of primary amides is 1. The van der Waals surface area contributed by atoms with Crippen molar-refractivity contribution in [2.45, 2.75) is 26.4 Å². The first-order chi connectivity index (χ1) is 8.99. The number of carbonyl (C=O) groups excluding carboxylic acids is 1. The van der Waals surface area contributed by atoms with E-state index in [2.05, 4.69) is 5.32 Å². The average Bonchev–Trinajstić information content (AvgIpc) is 2.33. The third-order valence-electron chi connectivity index (χ3n) is 2.69. The lowest BCUT2D eigenvalue weighted by molar-refractivity contribution is -0.117. The summed E-state index contributed by atoms with van der Waals surface area (Å²) in [6, 6.07) is 5.91. The van der Waals surface area contributed by atoms with Crippen LogP contribution in [0.4, 0.5) is 0 Å². The summed E-state index contributed by atoms with van der Waals surface area (Å²) in [7, 11) is 0. The van der Waals surface area contributed by atoms with Gasteiger partial charge in [-0.3, -0.25) is 4.79 Å². The Labute approximate surface area is 113 Å². The van der Waals surface area contributed by atoms with Gasteiger partial charge in [0.05, 0.1) is 0 Å². The van der Waals surface area contributed by atoms with Crippen molar-refractivity contribution in [2.75, 3.05) is 19.7 Å². The van der Waals surface area contributed by atoms with E-state index in [0.29, 0.717) is 13.1 Å². The number of nitrogens with one attached hydrogen (secondary N) is 1. The topological polar surface area (TPSA) is 84.6 Å². The summed E-state index contributed by atoms with van der Waals surface area (Å²) in [6.45, 7) is 5.05. The van der Waals surface area contributed by atoms with Crippen LogP contribution in [-0.2, 0) is 4.79 Å². The van der Waals surface area contributed by atoms with Crippen LogP contribution in [0, 0.1) is 13.8 Å². The van der Waals surface area contributed by atoms with Crippen LogP contribution in [0.1, 0.15) is 17.5 Å². The second-order valence-electron chi connectivity index (χ2n) is 4.65. The van der Waals surface area contributed by atoms with E-state index < -0.39 is 6.10 Å². The Morgan fingerprint density at radius 2 is 2.21 bits per heavy atom. The highest BCUT2D eigenvalue weighted by Gasteiger charge is 2.06. The highest BCUT2D eigenvalue weighted by atomic mass is 16.5. The number of hydrogen-bond acceptors (Lipinski definition) is 4. The van der Waals surface area contributed by atoms with Gasteiger partial charge in [0, 0.05) is 19.5 Å². The molecule has 0 bridgehead atoms. The standard InChI is InChI=1S/C14H22N2O3/c1-10-3-4-13(11(2)7-10)19-9-12(17)8-16-6-5-14(15)18/h3-4,7,12,16-17H,5-6,8-9H2,1-2H3,(H2,15,18). The number of nitrogens with two attached hydrogens (primary N) is 1. The molecule has 1 amide bonds. The van der Waals surface area contributed by atoms with Gasteiger partial charge in [-0.25, -0.2) is 0 Å². The molecule has 0 aliphatic carbocycles. The van der Waals surface area contributed by atoms with Gasteiger partial charge >= 0.3 is 0 Å². The summed E-state index contributed by atoms with van der Waals surface area (Å²) in [5.74, 6) is 0.426. The number of aliphatic hydroxyl groups is 1. The van der Waals surface area contributed by atoms with E-state index in [1.54, 1.807) is 0 Å². The second-order valence-corrected chi connectivity index (χ2v) is 4.65. The fraction of sp³-hybridized carbons (Fsp3) is 0.500. The minimum absolute atomic E-state index is 0.216. The number of carbonyl (C=O) groups is 1. The number of aliphatic hydroxyl groups excluding tert-OH is 1. The van der Waals surface area contributed by atoms with Crippen LogP contribution in [-0.4, -0.2) is 36.8 Å². The zero-order valence-electron chi connectivity index (χ0n) is 11.5. The minimum atomic E-state index is -0.617. The highest BCUT2D eigenvalue weighted by molar-refractivity contribution is 5.73. The molecular formula is C14H22N2O3. The fourth-order valence-corrected chi connectivity index (χ4v) is 1.69. The first kappa shape index (κ1) is 15.5. The molecule has 106 valence electrons. The molecule has 1 aromatic rings. The highest BCUT2D eigenvalue weighted by Crippen LogP contribution is 2.18. The van der Waals surface area contributed by atoms with Crippen LogP contribution in [0.5, 0.6) is 5.75 Å². The number of hydrogen-bond donors (Lipinski definition) is 3. The molecule has 0 aliphatic heterocycles. The molecule has 4 N–H and O–H groups in total. The average molecular weight is 266 g/mol. The smallest absolute Gasteiger partial charge is 0.218 e. The largest absolute Gasteiger partial charge is 0.491 e. The SMILES string of the molecule is Cc1ccc(OCC(O)CNCCC(N)=O)c(C)c1. The Hall–Kier alpha value is -1.59. The molecule has 0 heterocycles. The monoisotopic (exact) mass is 266 g/mol. The quantitative estimate of drug-likeness (QED) is 0.598. The van der Waals surface area contributed by atoms with Crippen molar-refractivity contribution in [3.8, 4) is 5.75 Å². The molecule has 0 saturated heterocycles. The van der Waals surface area contributed by atoms with Gasteiger partial charge in [-0.2, -0.15) is 0 Å². The van der Waals surface area contributed by atoms with Crippen LogP contribution < -0.4 is 15.8 Å². The molecule has 1 aromatic carbocycles. The van der Waals surface area contributed by atoms with E-state index in [9.17, 15) is 9.90 Å². The zero-order valence-corrected chi connectivity index (χ0v) is 11.5. The first-order valence-corrected chi connectivity index (χ1v) is 6.36. The Morgan fingerprint density at radius 3 is 2.84 bits per heavy atom. The summed E-state index contributed by atoms with van der Waals surface area (Å²) in [6.07, 6.45) is -0.349. The summed E-state index contributed by atoms with van der Waals surface area (Å²) >= 11 is 0. The summed E-state index contributed by atoms with van der Waals surface area (Å²) < 4.78 is 5.55. The van der Waals surface area contributed by atoms with E-state index >= 15 is 0 Å². The molecule has 0 aromatic heterocycles. The van der Waals surface area contributed by atoms with E-state index in [0.717, 1.165) is 11.3 Å². The molecule has 5 nitrogen and oxygen atoms in total. The van der Waals surface area contributed by atoms with Gasteiger partial charge in [-0.1, -0.05) is 17.7 Å². The van der Waals surface area contributed by atoms with Gasteiger partial charge in [0.15, 0.2) is 0 Å².